The zero-order chi connectivity index (χ0) is 12.8. The monoisotopic (exact) mass is 238 g/mol. The Balaban J connectivity index is 2.84. The third-order valence-electron chi connectivity index (χ3n) is 2.51. The summed E-state index contributed by atoms with van der Waals surface area (Å²) < 4.78 is 15.4. The van der Waals surface area contributed by atoms with E-state index < -0.39 is 0 Å². The molecule has 0 aliphatic carbocycles. The lowest BCUT2D eigenvalue weighted by atomic mass is 10.0. The summed E-state index contributed by atoms with van der Waals surface area (Å²) in [5, 5.41) is 0. The summed E-state index contributed by atoms with van der Waals surface area (Å²) >= 11 is 0. The van der Waals surface area contributed by atoms with Gasteiger partial charge >= 0.3 is 5.97 Å². The highest BCUT2D eigenvalue weighted by Gasteiger charge is 2.13. The van der Waals surface area contributed by atoms with E-state index in [9.17, 15) is 4.79 Å². The van der Waals surface area contributed by atoms with Crippen LogP contribution in [-0.4, -0.2) is 26.8 Å². The highest BCUT2D eigenvalue weighted by Crippen LogP contribution is 2.30. The Hall–Kier alpha value is -1.71. The van der Waals surface area contributed by atoms with Crippen LogP contribution >= 0.6 is 0 Å². The van der Waals surface area contributed by atoms with Gasteiger partial charge in [0.05, 0.1) is 20.8 Å². The van der Waals surface area contributed by atoms with Crippen molar-refractivity contribution in [1.29, 1.82) is 0 Å². The molecule has 0 aliphatic heterocycles. The number of rotatable bonds is 5. The molecule has 0 saturated carbocycles. The van der Waals surface area contributed by atoms with E-state index in [2.05, 4.69) is 0 Å². The molecule has 17 heavy (non-hydrogen) atoms. The fourth-order valence-electron chi connectivity index (χ4n) is 1.56. The van der Waals surface area contributed by atoms with Crippen molar-refractivity contribution < 1.29 is 19.0 Å². The van der Waals surface area contributed by atoms with Crippen LogP contribution in [0.5, 0.6) is 11.5 Å². The lowest BCUT2D eigenvalue weighted by Gasteiger charge is -2.16. The topological polar surface area (TPSA) is 44.8 Å². The van der Waals surface area contributed by atoms with E-state index in [-0.39, 0.29) is 11.9 Å². The van der Waals surface area contributed by atoms with Crippen LogP contribution in [0.2, 0.25) is 0 Å². The molecule has 0 fully saturated rings. The first-order valence-corrected chi connectivity index (χ1v) is 5.43. The number of methoxy groups -OCH3 is 2. The third-order valence-corrected chi connectivity index (χ3v) is 2.51. The maximum Gasteiger partial charge on any atom is 0.302 e. The molecular formula is C13H18O4. The van der Waals surface area contributed by atoms with Gasteiger partial charge in [-0.2, -0.15) is 0 Å². The van der Waals surface area contributed by atoms with Gasteiger partial charge in [0.15, 0.2) is 0 Å². The minimum absolute atomic E-state index is 0.0831. The van der Waals surface area contributed by atoms with Crippen molar-refractivity contribution >= 4 is 5.97 Å². The average molecular weight is 238 g/mol. The predicted molar refractivity (Wildman–Crippen MR) is 64.6 cm³/mol. The Morgan fingerprint density at radius 3 is 2.53 bits per heavy atom. The zero-order valence-corrected chi connectivity index (χ0v) is 10.6. The lowest BCUT2D eigenvalue weighted by molar-refractivity contribution is -0.141. The Morgan fingerprint density at radius 2 is 2.00 bits per heavy atom. The Kier molecular flexibility index (Phi) is 4.82. The van der Waals surface area contributed by atoms with Crippen molar-refractivity contribution in [3.8, 4) is 11.5 Å². The smallest absolute Gasteiger partial charge is 0.302 e. The number of benzene rings is 1. The van der Waals surface area contributed by atoms with E-state index in [1.165, 1.54) is 6.92 Å². The van der Waals surface area contributed by atoms with Crippen molar-refractivity contribution in [3.05, 3.63) is 23.8 Å². The molecule has 0 radical (unpaired) electrons. The second-order valence-electron chi connectivity index (χ2n) is 3.81. The molecule has 0 heterocycles. The van der Waals surface area contributed by atoms with Gasteiger partial charge in [-0.1, -0.05) is 13.0 Å². The maximum absolute atomic E-state index is 10.8. The summed E-state index contributed by atoms with van der Waals surface area (Å²) in [5.41, 5.74) is 0.995. The van der Waals surface area contributed by atoms with Crippen molar-refractivity contribution in [1.82, 2.24) is 0 Å². The first-order chi connectivity index (χ1) is 8.08. The van der Waals surface area contributed by atoms with E-state index in [4.69, 9.17) is 14.2 Å². The molecule has 0 aliphatic rings. The summed E-state index contributed by atoms with van der Waals surface area (Å²) in [6.07, 6.45) is 0. The molecule has 0 bridgehead atoms. The fourth-order valence-corrected chi connectivity index (χ4v) is 1.56. The number of ether oxygens (including phenoxy) is 3. The molecule has 1 aromatic carbocycles. The molecule has 0 spiro atoms. The lowest BCUT2D eigenvalue weighted by Crippen LogP contribution is -2.09. The van der Waals surface area contributed by atoms with Crippen LogP contribution in [0.3, 0.4) is 0 Å². The molecule has 94 valence electrons. The van der Waals surface area contributed by atoms with Crippen LogP contribution in [-0.2, 0) is 9.53 Å². The first-order valence-electron chi connectivity index (χ1n) is 5.43. The second kappa shape index (κ2) is 6.13. The molecule has 1 rings (SSSR count). The van der Waals surface area contributed by atoms with Crippen LogP contribution in [0.1, 0.15) is 25.3 Å². The van der Waals surface area contributed by atoms with Crippen molar-refractivity contribution in [2.75, 3.05) is 20.8 Å². The predicted octanol–water partition coefficient (Wildman–Crippen LogP) is 2.37. The number of carbonyl (C=O) groups is 1. The van der Waals surface area contributed by atoms with Crippen molar-refractivity contribution in [2.45, 2.75) is 19.8 Å². The van der Waals surface area contributed by atoms with Gasteiger partial charge in [-0.25, -0.2) is 0 Å². The van der Waals surface area contributed by atoms with Gasteiger partial charge in [-0.05, 0) is 6.07 Å². The molecule has 1 atom stereocenters. The number of hydrogen-bond donors (Lipinski definition) is 0. The molecule has 4 heteroatoms. The minimum atomic E-state index is -0.274. The molecule has 0 saturated heterocycles. The summed E-state index contributed by atoms with van der Waals surface area (Å²) in [4.78, 5) is 10.8. The Labute approximate surface area is 101 Å². The molecular weight excluding hydrogens is 220 g/mol. The van der Waals surface area contributed by atoms with Gasteiger partial charge in [-0.3, -0.25) is 4.79 Å². The van der Waals surface area contributed by atoms with Crippen LogP contribution < -0.4 is 9.47 Å². The van der Waals surface area contributed by atoms with E-state index >= 15 is 0 Å². The Morgan fingerprint density at radius 1 is 1.29 bits per heavy atom. The van der Waals surface area contributed by atoms with Gasteiger partial charge in [0, 0.05) is 24.5 Å². The second-order valence-corrected chi connectivity index (χ2v) is 3.81. The number of hydrogen-bond acceptors (Lipinski definition) is 4. The summed E-state index contributed by atoms with van der Waals surface area (Å²) in [7, 11) is 3.22. The highest BCUT2D eigenvalue weighted by atomic mass is 16.5. The molecule has 0 aromatic heterocycles. The number of esters is 1. The molecule has 1 unspecified atom stereocenters. The van der Waals surface area contributed by atoms with Crippen LogP contribution in [0, 0.1) is 0 Å². The van der Waals surface area contributed by atoms with Crippen LogP contribution in [0.4, 0.5) is 0 Å². The summed E-state index contributed by atoms with van der Waals surface area (Å²) in [6, 6.07) is 5.60. The quantitative estimate of drug-likeness (QED) is 0.739. The maximum atomic E-state index is 10.8. The molecule has 0 N–H and O–H groups in total. The van der Waals surface area contributed by atoms with E-state index in [0.717, 1.165) is 17.1 Å². The molecule has 4 nitrogen and oxygen atoms in total. The largest absolute Gasteiger partial charge is 0.497 e. The fraction of sp³-hybridized carbons (Fsp3) is 0.462. The van der Waals surface area contributed by atoms with Gasteiger partial charge < -0.3 is 14.2 Å². The average Bonchev–Trinajstić information content (AvgIpc) is 2.34. The molecule has 1 aromatic rings. The molecule has 0 amide bonds. The van der Waals surface area contributed by atoms with Gasteiger partial charge in [0.2, 0.25) is 0 Å². The SMILES string of the molecule is COc1ccc(C(C)COC(C)=O)c(OC)c1. The van der Waals surface area contributed by atoms with Gasteiger partial charge in [-0.15, -0.1) is 0 Å². The van der Waals surface area contributed by atoms with Crippen molar-refractivity contribution in [2.24, 2.45) is 0 Å². The third kappa shape index (κ3) is 3.66. The van der Waals surface area contributed by atoms with E-state index in [1.807, 2.05) is 25.1 Å². The first kappa shape index (κ1) is 13.4. The minimum Gasteiger partial charge on any atom is -0.497 e. The summed E-state index contributed by atoms with van der Waals surface area (Å²) in [6.45, 7) is 3.73. The summed E-state index contributed by atoms with van der Waals surface area (Å²) in [5.74, 6) is 1.29. The van der Waals surface area contributed by atoms with E-state index in [1.54, 1.807) is 14.2 Å². The van der Waals surface area contributed by atoms with Crippen LogP contribution in [0.15, 0.2) is 18.2 Å². The zero-order valence-electron chi connectivity index (χ0n) is 10.6. The van der Waals surface area contributed by atoms with Gasteiger partial charge in [0.1, 0.15) is 11.5 Å². The Bertz CT molecular complexity index is 387. The highest BCUT2D eigenvalue weighted by molar-refractivity contribution is 5.66. The van der Waals surface area contributed by atoms with Crippen LogP contribution in [0.25, 0.3) is 0 Å². The van der Waals surface area contributed by atoms with Gasteiger partial charge in [0.25, 0.3) is 0 Å². The van der Waals surface area contributed by atoms with E-state index in [0.29, 0.717) is 6.61 Å². The van der Waals surface area contributed by atoms with Crippen molar-refractivity contribution in [3.63, 3.8) is 0 Å². The standard InChI is InChI=1S/C13H18O4/c1-9(8-17-10(2)14)12-6-5-11(15-3)7-13(12)16-4/h5-7,9H,8H2,1-4H3. The normalized spacial score (nSPS) is 11.8. The number of carbonyl (C=O) groups excluding carboxylic acids is 1.